The molecule has 0 fully saturated rings. The predicted molar refractivity (Wildman–Crippen MR) is 113 cm³/mol. The number of aromatic hydroxyl groups is 4. The molecule has 0 aliphatic heterocycles. The summed E-state index contributed by atoms with van der Waals surface area (Å²) in [6.07, 6.45) is 0. The molecule has 8 nitrogen and oxygen atoms in total. The van der Waals surface area contributed by atoms with Crippen molar-refractivity contribution in [1.29, 1.82) is 0 Å². The van der Waals surface area contributed by atoms with Crippen molar-refractivity contribution in [3.8, 4) is 28.7 Å². The maximum Gasteiger partial charge on any atom is 0.201 e. The summed E-state index contributed by atoms with van der Waals surface area (Å²) in [5.74, 6) is -3.74. The molecule has 0 saturated carbocycles. The average molecular weight is 436 g/mol. The molecule has 3 aromatic rings. The Morgan fingerprint density at radius 2 is 1.59 bits per heavy atom. The molecule has 0 heterocycles. The number of hydrogen-bond acceptors (Lipinski definition) is 8. The van der Waals surface area contributed by atoms with Crippen LogP contribution in [0.15, 0.2) is 36.4 Å². The van der Waals surface area contributed by atoms with E-state index >= 15 is 0 Å². The van der Waals surface area contributed by atoms with E-state index in [1.165, 1.54) is 44.4 Å². The second-order valence-corrected chi connectivity index (χ2v) is 7.70. The Hall–Kier alpha value is -4.04. The summed E-state index contributed by atoms with van der Waals surface area (Å²) in [7, 11) is 1.25. The maximum atomic E-state index is 13.2. The first-order valence-electron chi connectivity index (χ1n) is 9.61. The van der Waals surface area contributed by atoms with Gasteiger partial charge in [0.25, 0.3) is 0 Å². The number of Topliss-reactive ketones (excluding diaryl/α,β-unsaturated/α-hetero) is 1. The van der Waals surface area contributed by atoms with Crippen molar-refractivity contribution in [1.82, 2.24) is 0 Å². The normalized spacial score (nSPS) is 16.9. The van der Waals surface area contributed by atoms with E-state index in [1.54, 1.807) is 6.92 Å². The molecule has 0 amide bonds. The molecule has 0 saturated heterocycles. The lowest BCUT2D eigenvalue weighted by atomic mass is 9.69. The number of phenols is 4. The number of rotatable bonds is 3. The smallest absolute Gasteiger partial charge is 0.201 e. The largest absolute Gasteiger partial charge is 0.507 e. The van der Waals surface area contributed by atoms with Crippen LogP contribution in [0, 0.1) is 6.92 Å². The summed E-state index contributed by atoms with van der Waals surface area (Å²) in [5, 5.41) is 55.0. The third-order valence-electron chi connectivity index (χ3n) is 5.72. The molecular formula is C24H20O8. The Bertz CT molecular complexity index is 1320. The molecular weight excluding hydrogens is 416 g/mol. The average Bonchev–Trinajstić information content (AvgIpc) is 2.70. The standard InChI is InChI=1S/C24H20O8/c1-10-7-13-20(15(27)8-10)22(29)19-12(5-4-6-14(19)26)24(13,31)21-16(28)9-17(32-3)18(11(2)25)23(21)30/h4-9,26-28,30-31H,1-3H3. The number of aliphatic hydroxyl groups is 1. The van der Waals surface area contributed by atoms with E-state index in [0.717, 1.165) is 6.07 Å². The molecule has 1 aliphatic carbocycles. The van der Waals surface area contributed by atoms with Gasteiger partial charge in [-0.05, 0) is 31.5 Å². The van der Waals surface area contributed by atoms with Crippen molar-refractivity contribution in [2.45, 2.75) is 19.4 Å². The van der Waals surface area contributed by atoms with Crippen LogP contribution in [0.2, 0.25) is 0 Å². The summed E-state index contributed by atoms with van der Waals surface area (Å²) in [4.78, 5) is 25.5. The highest BCUT2D eigenvalue weighted by Gasteiger charge is 2.49. The van der Waals surface area contributed by atoms with Crippen LogP contribution in [-0.2, 0) is 5.60 Å². The molecule has 5 N–H and O–H groups in total. The van der Waals surface area contributed by atoms with Crippen LogP contribution in [0.5, 0.6) is 28.7 Å². The van der Waals surface area contributed by atoms with Crippen LogP contribution in [0.1, 0.15) is 55.5 Å². The highest BCUT2D eigenvalue weighted by molar-refractivity contribution is 6.16. The highest BCUT2D eigenvalue weighted by Crippen LogP contribution is 2.54. The second kappa shape index (κ2) is 7.00. The van der Waals surface area contributed by atoms with Gasteiger partial charge in [-0.25, -0.2) is 0 Å². The molecule has 1 atom stereocenters. The van der Waals surface area contributed by atoms with Gasteiger partial charge < -0.3 is 30.3 Å². The number of aryl methyl sites for hydroxylation is 1. The number of carbonyl (C=O) groups is 2. The zero-order valence-corrected chi connectivity index (χ0v) is 17.4. The second-order valence-electron chi connectivity index (χ2n) is 7.70. The fraction of sp³-hybridized carbons (Fsp3) is 0.167. The van der Waals surface area contributed by atoms with Gasteiger partial charge in [-0.3, -0.25) is 9.59 Å². The van der Waals surface area contributed by atoms with E-state index in [9.17, 15) is 35.1 Å². The number of phenolic OH excluding ortho intramolecular Hbond substituents is 4. The molecule has 0 aromatic heterocycles. The number of benzene rings is 3. The Kier molecular flexibility index (Phi) is 4.64. The monoisotopic (exact) mass is 436 g/mol. The summed E-state index contributed by atoms with van der Waals surface area (Å²) in [5.41, 5.74) is -3.57. The zero-order valence-electron chi connectivity index (χ0n) is 17.4. The molecule has 32 heavy (non-hydrogen) atoms. The number of hydrogen-bond donors (Lipinski definition) is 5. The van der Waals surface area contributed by atoms with Gasteiger partial charge in [-0.2, -0.15) is 0 Å². The Morgan fingerprint density at radius 3 is 2.22 bits per heavy atom. The number of carbonyl (C=O) groups excluding carboxylic acids is 2. The summed E-state index contributed by atoms with van der Waals surface area (Å²) < 4.78 is 5.10. The quantitative estimate of drug-likeness (QED) is 0.394. The molecule has 4 rings (SSSR count). The van der Waals surface area contributed by atoms with Gasteiger partial charge in [0.15, 0.2) is 5.78 Å². The minimum atomic E-state index is -2.41. The third kappa shape index (κ3) is 2.66. The van der Waals surface area contributed by atoms with E-state index in [2.05, 4.69) is 0 Å². The zero-order chi connectivity index (χ0) is 23.5. The lowest BCUT2D eigenvalue weighted by Gasteiger charge is -2.37. The van der Waals surface area contributed by atoms with E-state index < -0.39 is 45.7 Å². The van der Waals surface area contributed by atoms with E-state index in [1.807, 2.05) is 0 Å². The highest BCUT2D eigenvalue weighted by atomic mass is 16.5. The molecule has 1 unspecified atom stereocenters. The molecule has 3 aromatic carbocycles. The number of ether oxygens (including phenoxy) is 1. The summed E-state index contributed by atoms with van der Waals surface area (Å²) in [6, 6.07) is 7.79. The Balaban J connectivity index is 2.24. The number of methoxy groups -OCH3 is 1. The van der Waals surface area contributed by atoms with Gasteiger partial charge in [0.05, 0.1) is 23.8 Å². The van der Waals surface area contributed by atoms with Gasteiger partial charge in [0.2, 0.25) is 5.78 Å². The van der Waals surface area contributed by atoms with E-state index in [-0.39, 0.29) is 33.6 Å². The maximum absolute atomic E-state index is 13.2. The predicted octanol–water partition coefficient (Wildman–Crippen LogP) is 2.86. The van der Waals surface area contributed by atoms with Crippen LogP contribution >= 0.6 is 0 Å². The van der Waals surface area contributed by atoms with Crippen LogP contribution in [-0.4, -0.2) is 44.2 Å². The summed E-state index contributed by atoms with van der Waals surface area (Å²) in [6.45, 7) is 2.80. The first-order valence-corrected chi connectivity index (χ1v) is 9.61. The van der Waals surface area contributed by atoms with Gasteiger partial charge in [0, 0.05) is 17.2 Å². The first-order chi connectivity index (χ1) is 15.0. The lowest BCUT2D eigenvalue weighted by molar-refractivity contribution is 0.0916. The third-order valence-corrected chi connectivity index (χ3v) is 5.72. The molecule has 164 valence electrons. The van der Waals surface area contributed by atoms with Crippen molar-refractivity contribution in [2.75, 3.05) is 7.11 Å². The Morgan fingerprint density at radius 1 is 0.938 bits per heavy atom. The summed E-state index contributed by atoms with van der Waals surface area (Å²) >= 11 is 0. The lowest BCUT2D eigenvalue weighted by Crippen LogP contribution is -2.37. The van der Waals surface area contributed by atoms with E-state index in [4.69, 9.17) is 4.74 Å². The van der Waals surface area contributed by atoms with Crippen molar-refractivity contribution in [2.24, 2.45) is 0 Å². The molecule has 1 aliphatic rings. The van der Waals surface area contributed by atoms with Crippen molar-refractivity contribution in [3.05, 3.63) is 75.3 Å². The van der Waals surface area contributed by atoms with Crippen molar-refractivity contribution in [3.63, 3.8) is 0 Å². The number of ketones is 2. The van der Waals surface area contributed by atoms with Crippen LogP contribution < -0.4 is 4.74 Å². The molecule has 8 heteroatoms. The topological polar surface area (TPSA) is 145 Å². The van der Waals surface area contributed by atoms with Crippen LogP contribution in [0.3, 0.4) is 0 Å². The first kappa shape index (κ1) is 21.2. The van der Waals surface area contributed by atoms with Gasteiger partial charge in [-0.15, -0.1) is 0 Å². The van der Waals surface area contributed by atoms with Gasteiger partial charge in [-0.1, -0.05) is 18.2 Å². The van der Waals surface area contributed by atoms with Gasteiger partial charge in [0.1, 0.15) is 39.9 Å². The van der Waals surface area contributed by atoms with Gasteiger partial charge >= 0.3 is 0 Å². The van der Waals surface area contributed by atoms with Crippen molar-refractivity contribution >= 4 is 11.6 Å². The molecule has 0 bridgehead atoms. The van der Waals surface area contributed by atoms with Crippen LogP contribution in [0.4, 0.5) is 0 Å². The van der Waals surface area contributed by atoms with Crippen molar-refractivity contribution < 1.29 is 39.9 Å². The fourth-order valence-corrected chi connectivity index (χ4v) is 4.40. The number of fused-ring (bicyclic) bond motifs is 2. The SMILES string of the molecule is COc1cc(O)c(C2(O)c3cccc(O)c3C(=O)c3c(O)cc(C)cc32)c(O)c1C(C)=O. The van der Waals surface area contributed by atoms with Crippen LogP contribution in [0.25, 0.3) is 0 Å². The molecule has 0 radical (unpaired) electrons. The Labute approximate surface area is 182 Å². The fourth-order valence-electron chi connectivity index (χ4n) is 4.40. The molecule has 0 spiro atoms. The minimum Gasteiger partial charge on any atom is -0.507 e. The minimum absolute atomic E-state index is 0.116. The van der Waals surface area contributed by atoms with E-state index in [0.29, 0.717) is 5.56 Å².